The Morgan fingerprint density at radius 2 is 1.89 bits per heavy atom. The maximum Gasteiger partial charge on any atom is 0.0455 e. The maximum absolute atomic E-state index is 6.13. The quantitative estimate of drug-likeness (QED) is 0.857. The van der Waals surface area contributed by atoms with Crippen molar-refractivity contribution in [3.8, 4) is 0 Å². The van der Waals surface area contributed by atoms with Crippen LogP contribution in [0.25, 0.3) is 0 Å². The molecule has 19 heavy (non-hydrogen) atoms. The van der Waals surface area contributed by atoms with E-state index in [2.05, 4.69) is 42.8 Å². The van der Waals surface area contributed by atoms with Crippen LogP contribution in [0.1, 0.15) is 29.4 Å². The van der Waals surface area contributed by atoms with Crippen LogP contribution in [0.4, 0.5) is 5.69 Å². The molecule has 2 aromatic rings. The monoisotopic (exact) mass is 276 g/mol. The molecule has 0 atom stereocenters. The largest absolute Gasteiger partial charge is 0.381 e. The number of aromatic nitrogens is 1. The first kappa shape index (κ1) is 14.0. The summed E-state index contributed by atoms with van der Waals surface area (Å²) in [6.45, 7) is 10.4. The third-order valence-corrected chi connectivity index (χ3v) is 4.06. The highest BCUT2D eigenvalue weighted by molar-refractivity contribution is 6.31. The third-order valence-electron chi connectivity index (χ3n) is 3.65. The number of nitrogens with one attached hydrogen (secondary N) is 1. The van der Waals surface area contributed by atoms with E-state index in [1.807, 2.05) is 19.1 Å². The lowest BCUT2D eigenvalue weighted by molar-refractivity contribution is 0.715. The Labute approximate surface area is 120 Å². The Kier molecular flexibility index (Phi) is 4.20. The van der Waals surface area contributed by atoms with Gasteiger partial charge in [0, 0.05) is 35.2 Å². The molecule has 2 rings (SSSR count). The molecule has 0 saturated carbocycles. The van der Waals surface area contributed by atoms with Gasteiger partial charge in [-0.05, 0) is 57.0 Å². The van der Waals surface area contributed by atoms with Gasteiger partial charge in [-0.15, -0.1) is 0 Å². The Hall–Kier alpha value is -1.41. The molecule has 1 aromatic carbocycles. The van der Waals surface area contributed by atoms with E-state index in [-0.39, 0.29) is 0 Å². The molecular formula is C16H21ClN2. The van der Waals surface area contributed by atoms with Crippen molar-refractivity contribution in [2.24, 2.45) is 0 Å². The van der Waals surface area contributed by atoms with Gasteiger partial charge in [0.15, 0.2) is 0 Å². The summed E-state index contributed by atoms with van der Waals surface area (Å²) in [5, 5.41) is 4.25. The number of nitrogens with zero attached hydrogens (tertiary/aromatic N) is 1. The third kappa shape index (κ3) is 2.95. The number of hydrogen-bond donors (Lipinski definition) is 1. The fraction of sp³-hybridized carbons (Fsp3) is 0.375. The highest BCUT2D eigenvalue weighted by Crippen LogP contribution is 2.21. The van der Waals surface area contributed by atoms with Crippen molar-refractivity contribution in [2.75, 3.05) is 5.32 Å². The zero-order valence-corrected chi connectivity index (χ0v) is 12.8. The molecule has 0 bridgehead atoms. The molecule has 0 saturated heterocycles. The fourth-order valence-electron chi connectivity index (χ4n) is 2.44. The highest BCUT2D eigenvalue weighted by Gasteiger charge is 2.07. The van der Waals surface area contributed by atoms with E-state index in [4.69, 9.17) is 11.6 Å². The van der Waals surface area contributed by atoms with E-state index < -0.39 is 0 Å². The lowest BCUT2D eigenvalue weighted by Gasteiger charge is -2.09. The van der Waals surface area contributed by atoms with Gasteiger partial charge in [-0.1, -0.05) is 17.7 Å². The first-order valence-corrected chi connectivity index (χ1v) is 7.06. The maximum atomic E-state index is 6.13. The lowest BCUT2D eigenvalue weighted by Crippen LogP contribution is -2.03. The van der Waals surface area contributed by atoms with E-state index in [1.54, 1.807) is 0 Å². The van der Waals surface area contributed by atoms with Gasteiger partial charge in [0.05, 0.1) is 0 Å². The molecular weight excluding hydrogens is 256 g/mol. The molecule has 1 heterocycles. The van der Waals surface area contributed by atoms with Crippen molar-refractivity contribution < 1.29 is 0 Å². The lowest BCUT2D eigenvalue weighted by atomic mass is 10.2. The van der Waals surface area contributed by atoms with Gasteiger partial charge in [0.2, 0.25) is 0 Å². The van der Waals surface area contributed by atoms with Crippen LogP contribution < -0.4 is 5.32 Å². The molecule has 102 valence electrons. The number of halogens is 1. The second-order valence-electron chi connectivity index (χ2n) is 4.96. The van der Waals surface area contributed by atoms with E-state index in [0.29, 0.717) is 0 Å². The summed E-state index contributed by atoms with van der Waals surface area (Å²) in [5.41, 5.74) is 6.17. The van der Waals surface area contributed by atoms with Crippen LogP contribution in [0.5, 0.6) is 0 Å². The summed E-state index contributed by atoms with van der Waals surface area (Å²) in [5.74, 6) is 0. The number of aryl methyl sites for hydroxylation is 2. The molecule has 3 heteroatoms. The predicted octanol–water partition coefficient (Wildman–Crippen LogP) is 4.70. The number of hydrogen-bond acceptors (Lipinski definition) is 1. The molecule has 0 unspecified atom stereocenters. The van der Waals surface area contributed by atoms with Crippen LogP contribution in [-0.4, -0.2) is 4.57 Å². The predicted molar refractivity (Wildman–Crippen MR) is 83.1 cm³/mol. The van der Waals surface area contributed by atoms with Crippen molar-refractivity contribution in [1.82, 2.24) is 4.57 Å². The van der Waals surface area contributed by atoms with Gasteiger partial charge in [0.1, 0.15) is 0 Å². The SMILES string of the molecule is CCn1c(C)cc(CNc2ccc(C)c(Cl)c2)c1C. The average molecular weight is 277 g/mol. The average Bonchev–Trinajstić information content (AvgIpc) is 2.65. The van der Waals surface area contributed by atoms with Crippen LogP contribution >= 0.6 is 11.6 Å². The summed E-state index contributed by atoms with van der Waals surface area (Å²) in [6, 6.07) is 8.34. The Bertz CT molecular complexity index is 585. The number of anilines is 1. The molecule has 0 fully saturated rings. The summed E-state index contributed by atoms with van der Waals surface area (Å²) in [4.78, 5) is 0. The van der Waals surface area contributed by atoms with E-state index in [0.717, 1.165) is 29.4 Å². The molecule has 1 N–H and O–H groups in total. The number of benzene rings is 1. The van der Waals surface area contributed by atoms with Crippen molar-refractivity contribution in [3.63, 3.8) is 0 Å². The van der Waals surface area contributed by atoms with Crippen LogP contribution in [0.2, 0.25) is 5.02 Å². The van der Waals surface area contributed by atoms with Crippen molar-refractivity contribution in [1.29, 1.82) is 0 Å². The second kappa shape index (κ2) is 5.70. The standard InChI is InChI=1S/C16H21ClN2/c1-5-19-12(3)8-14(13(19)4)10-18-15-7-6-11(2)16(17)9-15/h6-9,18H,5,10H2,1-4H3. The minimum absolute atomic E-state index is 0.809. The van der Waals surface area contributed by atoms with Gasteiger partial charge >= 0.3 is 0 Å². The minimum Gasteiger partial charge on any atom is -0.381 e. The molecule has 1 aromatic heterocycles. The fourth-order valence-corrected chi connectivity index (χ4v) is 2.62. The van der Waals surface area contributed by atoms with Gasteiger partial charge in [-0.2, -0.15) is 0 Å². The normalized spacial score (nSPS) is 10.8. The molecule has 0 amide bonds. The van der Waals surface area contributed by atoms with Crippen LogP contribution in [-0.2, 0) is 13.1 Å². The molecule has 0 aliphatic carbocycles. The Morgan fingerprint density at radius 3 is 2.47 bits per heavy atom. The molecule has 2 nitrogen and oxygen atoms in total. The van der Waals surface area contributed by atoms with E-state index in [1.165, 1.54) is 17.0 Å². The van der Waals surface area contributed by atoms with Crippen molar-refractivity contribution in [2.45, 2.75) is 40.8 Å². The molecule has 0 spiro atoms. The summed E-state index contributed by atoms with van der Waals surface area (Å²) >= 11 is 6.13. The van der Waals surface area contributed by atoms with Gasteiger partial charge < -0.3 is 9.88 Å². The molecule has 0 aliphatic heterocycles. The van der Waals surface area contributed by atoms with Crippen molar-refractivity contribution >= 4 is 17.3 Å². The Morgan fingerprint density at radius 1 is 1.16 bits per heavy atom. The minimum atomic E-state index is 0.809. The Balaban J connectivity index is 2.12. The zero-order valence-electron chi connectivity index (χ0n) is 12.0. The van der Waals surface area contributed by atoms with Crippen LogP contribution in [0, 0.1) is 20.8 Å². The molecule has 0 radical (unpaired) electrons. The zero-order chi connectivity index (χ0) is 14.0. The van der Waals surface area contributed by atoms with Crippen LogP contribution in [0.3, 0.4) is 0 Å². The smallest absolute Gasteiger partial charge is 0.0455 e. The van der Waals surface area contributed by atoms with E-state index in [9.17, 15) is 0 Å². The van der Waals surface area contributed by atoms with Crippen molar-refractivity contribution in [3.05, 3.63) is 51.8 Å². The topological polar surface area (TPSA) is 17.0 Å². The first-order chi connectivity index (χ1) is 9.02. The summed E-state index contributed by atoms with van der Waals surface area (Å²) < 4.78 is 2.33. The van der Waals surface area contributed by atoms with Gasteiger partial charge in [-0.25, -0.2) is 0 Å². The summed E-state index contributed by atoms with van der Waals surface area (Å²) in [6.07, 6.45) is 0. The highest BCUT2D eigenvalue weighted by atomic mass is 35.5. The van der Waals surface area contributed by atoms with Gasteiger partial charge in [0.25, 0.3) is 0 Å². The van der Waals surface area contributed by atoms with Crippen LogP contribution in [0.15, 0.2) is 24.3 Å². The van der Waals surface area contributed by atoms with E-state index >= 15 is 0 Å². The first-order valence-electron chi connectivity index (χ1n) is 6.68. The number of rotatable bonds is 4. The summed E-state index contributed by atoms with van der Waals surface area (Å²) in [7, 11) is 0. The van der Waals surface area contributed by atoms with Gasteiger partial charge in [-0.3, -0.25) is 0 Å². The molecule has 0 aliphatic rings. The second-order valence-corrected chi connectivity index (χ2v) is 5.37.